The molecule has 1 aliphatic rings. The van der Waals surface area contributed by atoms with Gasteiger partial charge in [-0.25, -0.2) is 0 Å². The second kappa shape index (κ2) is 7.64. The number of rotatable bonds is 9. The first-order valence-corrected chi connectivity index (χ1v) is 8.13. The van der Waals surface area contributed by atoms with Gasteiger partial charge in [-0.2, -0.15) is 0 Å². The third-order valence-electron chi connectivity index (χ3n) is 4.19. The van der Waals surface area contributed by atoms with E-state index in [-0.39, 0.29) is 6.10 Å². The van der Waals surface area contributed by atoms with E-state index in [2.05, 4.69) is 44.7 Å². The molecule has 0 aromatic heterocycles. The molecule has 0 N–H and O–H groups in total. The van der Waals surface area contributed by atoms with Crippen molar-refractivity contribution in [3.05, 3.63) is 42.0 Å². The van der Waals surface area contributed by atoms with Gasteiger partial charge in [0.05, 0.1) is 6.10 Å². The van der Waals surface area contributed by atoms with E-state index in [1.54, 1.807) is 0 Å². The standard InChI is InChI=1S/C19H28O/c1-4-5-6-7-8-9-10-18-19(20-18)16(3)17-13-11-15(2)12-14-17/h11-14,18-19H,3-10H2,1-2H3/t18-,19-/m1/s1. The lowest BCUT2D eigenvalue weighted by molar-refractivity contribution is 0.374. The van der Waals surface area contributed by atoms with E-state index < -0.39 is 0 Å². The lowest BCUT2D eigenvalue weighted by Gasteiger charge is -2.03. The molecule has 1 heteroatoms. The van der Waals surface area contributed by atoms with Crippen LogP contribution in [0.3, 0.4) is 0 Å². The van der Waals surface area contributed by atoms with Crippen molar-refractivity contribution >= 4 is 5.57 Å². The van der Waals surface area contributed by atoms with Gasteiger partial charge in [0.2, 0.25) is 0 Å². The molecule has 0 spiro atoms. The van der Waals surface area contributed by atoms with Gasteiger partial charge in [-0.15, -0.1) is 0 Å². The maximum atomic E-state index is 5.79. The second-order valence-corrected chi connectivity index (χ2v) is 6.04. The van der Waals surface area contributed by atoms with E-state index in [1.807, 2.05) is 0 Å². The van der Waals surface area contributed by atoms with E-state index >= 15 is 0 Å². The Bertz CT molecular complexity index is 418. The number of ether oxygens (including phenoxy) is 1. The summed E-state index contributed by atoms with van der Waals surface area (Å²) in [5.74, 6) is 0. The van der Waals surface area contributed by atoms with Crippen LogP contribution in [-0.4, -0.2) is 12.2 Å². The highest BCUT2D eigenvalue weighted by Gasteiger charge is 2.40. The Morgan fingerprint density at radius 2 is 1.70 bits per heavy atom. The Kier molecular flexibility index (Phi) is 5.85. The zero-order valence-electron chi connectivity index (χ0n) is 13.0. The van der Waals surface area contributed by atoms with Crippen LogP contribution in [0.2, 0.25) is 0 Å². The van der Waals surface area contributed by atoms with Crippen LogP contribution in [-0.2, 0) is 4.74 Å². The molecule has 0 radical (unpaired) electrons. The summed E-state index contributed by atoms with van der Waals surface area (Å²) in [7, 11) is 0. The smallest absolute Gasteiger partial charge is 0.109 e. The Morgan fingerprint density at radius 1 is 1.05 bits per heavy atom. The number of aryl methyl sites for hydroxylation is 1. The predicted molar refractivity (Wildman–Crippen MR) is 86.9 cm³/mol. The minimum Gasteiger partial charge on any atom is -0.365 e. The molecule has 2 rings (SSSR count). The van der Waals surface area contributed by atoms with Gasteiger partial charge < -0.3 is 4.74 Å². The first-order valence-electron chi connectivity index (χ1n) is 8.13. The Labute approximate surface area is 124 Å². The van der Waals surface area contributed by atoms with Crippen LogP contribution in [0.4, 0.5) is 0 Å². The van der Waals surface area contributed by atoms with Gasteiger partial charge in [0.25, 0.3) is 0 Å². The minimum absolute atomic E-state index is 0.272. The predicted octanol–water partition coefficient (Wildman–Crippen LogP) is 5.53. The van der Waals surface area contributed by atoms with Crippen LogP contribution < -0.4 is 0 Å². The lowest BCUT2D eigenvalue weighted by atomic mass is 9.99. The molecule has 20 heavy (non-hydrogen) atoms. The molecule has 1 nitrogen and oxygen atoms in total. The Morgan fingerprint density at radius 3 is 2.40 bits per heavy atom. The van der Waals surface area contributed by atoms with Crippen molar-refractivity contribution in [2.45, 2.75) is 71.0 Å². The largest absolute Gasteiger partial charge is 0.365 e. The molecule has 0 saturated carbocycles. The average Bonchev–Trinajstić information content (AvgIpc) is 3.22. The molecule has 0 aliphatic carbocycles. The van der Waals surface area contributed by atoms with Crippen molar-refractivity contribution < 1.29 is 4.74 Å². The summed E-state index contributed by atoms with van der Waals surface area (Å²) in [5.41, 5.74) is 3.67. The van der Waals surface area contributed by atoms with Gasteiger partial charge in [-0.05, 0) is 24.5 Å². The summed E-state index contributed by atoms with van der Waals surface area (Å²) >= 11 is 0. The fourth-order valence-electron chi connectivity index (χ4n) is 2.73. The molecule has 1 heterocycles. The first kappa shape index (κ1) is 15.3. The Balaban J connectivity index is 1.64. The Hall–Kier alpha value is -1.08. The van der Waals surface area contributed by atoms with E-state index in [0.717, 1.165) is 5.57 Å². The molecule has 0 unspecified atom stereocenters. The minimum atomic E-state index is 0.272. The summed E-state index contributed by atoms with van der Waals surface area (Å²) in [5, 5.41) is 0. The quantitative estimate of drug-likeness (QED) is 0.425. The first-order chi connectivity index (χ1) is 9.72. The molecule has 110 valence electrons. The second-order valence-electron chi connectivity index (χ2n) is 6.04. The third kappa shape index (κ3) is 4.49. The van der Waals surface area contributed by atoms with Crippen LogP contribution in [0.25, 0.3) is 5.57 Å². The number of epoxide rings is 1. The summed E-state index contributed by atoms with van der Waals surface area (Å²) in [4.78, 5) is 0. The van der Waals surface area contributed by atoms with Crippen LogP contribution in [0.5, 0.6) is 0 Å². The van der Waals surface area contributed by atoms with Gasteiger partial charge in [-0.1, -0.05) is 81.9 Å². The van der Waals surface area contributed by atoms with Crippen molar-refractivity contribution in [3.63, 3.8) is 0 Å². The van der Waals surface area contributed by atoms with Gasteiger partial charge in [0.1, 0.15) is 6.10 Å². The van der Waals surface area contributed by atoms with Crippen LogP contribution >= 0.6 is 0 Å². The highest BCUT2D eigenvalue weighted by Crippen LogP contribution is 2.37. The summed E-state index contributed by atoms with van der Waals surface area (Å²) < 4.78 is 5.79. The molecular weight excluding hydrogens is 244 g/mol. The zero-order valence-corrected chi connectivity index (χ0v) is 13.0. The lowest BCUT2D eigenvalue weighted by Crippen LogP contribution is -1.97. The highest BCUT2D eigenvalue weighted by molar-refractivity contribution is 5.69. The van der Waals surface area contributed by atoms with Crippen LogP contribution in [0.1, 0.15) is 63.0 Å². The van der Waals surface area contributed by atoms with Crippen molar-refractivity contribution in [2.75, 3.05) is 0 Å². The zero-order chi connectivity index (χ0) is 14.4. The summed E-state index contributed by atoms with van der Waals surface area (Å²) in [6.45, 7) is 8.59. The van der Waals surface area contributed by atoms with Gasteiger partial charge in [0, 0.05) is 0 Å². The van der Waals surface area contributed by atoms with Gasteiger partial charge >= 0.3 is 0 Å². The van der Waals surface area contributed by atoms with Crippen LogP contribution in [0, 0.1) is 6.92 Å². The molecule has 1 aromatic carbocycles. The van der Waals surface area contributed by atoms with Crippen molar-refractivity contribution in [3.8, 4) is 0 Å². The fraction of sp³-hybridized carbons (Fsp3) is 0.579. The molecule has 1 fully saturated rings. The molecule has 1 aromatic rings. The van der Waals surface area contributed by atoms with E-state index in [9.17, 15) is 0 Å². The normalized spacial score (nSPS) is 20.9. The SMILES string of the molecule is C=C(c1ccc(C)cc1)[C@H]1O[C@@H]1CCCCCCCC. The molecule has 0 amide bonds. The van der Waals surface area contributed by atoms with E-state index in [0.29, 0.717) is 6.10 Å². The van der Waals surface area contributed by atoms with Gasteiger partial charge in [-0.3, -0.25) is 0 Å². The maximum Gasteiger partial charge on any atom is 0.109 e. The number of hydrogen-bond acceptors (Lipinski definition) is 1. The molecule has 0 bridgehead atoms. The molecule has 1 aliphatic heterocycles. The molecule has 2 atom stereocenters. The molecule has 1 saturated heterocycles. The van der Waals surface area contributed by atoms with Gasteiger partial charge in [0.15, 0.2) is 0 Å². The summed E-state index contributed by atoms with van der Waals surface area (Å²) in [6.07, 6.45) is 10.0. The van der Waals surface area contributed by atoms with Crippen molar-refractivity contribution in [1.82, 2.24) is 0 Å². The number of unbranched alkanes of at least 4 members (excludes halogenated alkanes) is 5. The number of benzene rings is 1. The molecular formula is C19H28O. The number of hydrogen-bond donors (Lipinski definition) is 0. The van der Waals surface area contributed by atoms with E-state index in [1.165, 1.54) is 56.1 Å². The van der Waals surface area contributed by atoms with Crippen molar-refractivity contribution in [1.29, 1.82) is 0 Å². The monoisotopic (exact) mass is 272 g/mol. The third-order valence-corrected chi connectivity index (χ3v) is 4.19. The topological polar surface area (TPSA) is 12.5 Å². The fourth-order valence-corrected chi connectivity index (χ4v) is 2.73. The van der Waals surface area contributed by atoms with Crippen molar-refractivity contribution in [2.24, 2.45) is 0 Å². The maximum absolute atomic E-state index is 5.79. The average molecular weight is 272 g/mol. The van der Waals surface area contributed by atoms with E-state index in [4.69, 9.17) is 4.74 Å². The van der Waals surface area contributed by atoms with Crippen LogP contribution in [0.15, 0.2) is 30.8 Å². The highest BCUT2D eigenvalue weighted by atomic mass is 16.6. The summed E-state index contributed by atoms with van der Waals surface area (Å²) in [6, 6.07) is 8.60.